The van der Waals surface area contributed by atoms with Crippen LogP contribution in [0.5, 0.6) is 5.75 Å². The highest BCUT2D eigenvalue weighted by Gasteiger charge is 2.11. The molecule has 0 bridgehead atoms. The monoisotopic (exact) mass is 367 g/mol. The molecule has 0 aliphatic heterocycles. The molecule has 27 heavy (non-hydrogen) atoms. The van der Waals surface area contributed by atoms with Crippen LogP contribution in [0.15, 0.2) is 35.1 Å². The molecule has 2 aromatic heterocycles. The summed E-state index contributed by atoms with van der Waals surface area (Å²) in [4.78, 5) is 31.3. The third-order valence-electron chi connectivity index (χ3n) is 4.55. The van der Waals surface area contributed by atoms with Crippen LogP contribution in [0.3, 0.4) is 0 Å². The number of fused-ring (bicyclic) bond motifs is 1. The number of nitrogens with one attached hydrogen (secondary N) is 2. The summed E-state index contributed by atoms with van der Waals surface area (Å²) in [5.74, 6) is 0.0504. The maximum Gasteiger partial charge on any atom is 0.265 e. The quantitative estimate of drug-likeness (QED) is 0.567. The first-order chi connectivity index (χ1) is 13.0. The van der Waals surface area contributed by atoms with Gasteiger partial charge < -0.3 is 25.3 Å². The van der Waals surface area contributed by atoms with Crippen molar-refractivity contribution in [3.63, 3.8) is 0 Å². The van der Waals surface area contributed by atoms with Crippen LogP contribution in [0.4, 0.5) is 0 Å². The number of H-pyrrole nitrogens is 2. The van der Waals surface area contributed by atoms with Crippen molar-refractivity contribution in [1.82, 2.24) is 14.9 Å². The predicted molar refractivity (Wildman–Crippen MR) is 105 cm³/mol. The number of amides is 1. The molecule has 0 aliphatic rings. The summed E-state index contributed by atoms with van der Waals surface area (Å²) in [7, 11) is 0. The van der Waals surface area contributed by atoms with E-state index in [-0.39, 0.29) is 5.69 Å². The number of hydrogen-bond acceptors (Lipinski definition) is 4. The molecular weight excluding hydrogens is 344 g/mol. The molecular formula is C20H23N4O3. The molecule has 7 heteroatoms. The second-order valence-corrected chi connectivity index (χ2v) is 6.20. The SMILES string of the molecule is CCN(CC)CCOc1ccc2cc(-c3c[c]c(C(N)=O)[nH]c3=O)[nH]c2c1. The van der Waals surface area contributed by atoms with Crippen LogP contribution < -0.4 is 16.0 Å². The van der Waals surface area contributed by atoms with Crippen molar-refractivity contribution in [2.75, 3.05) is 26.2 Å². The fraction of sp³-hybridized carbons (Fsp3) is 0.300. The lowest BCUT2D eigenvalue weighted by Gasteiger charge is -2.17. The Morgan fingerprint density at radius 1 is 1.22 bits per heavy atom. The lowest BCUT2D eigenvalue weighted by Crippen LogP contribution is -2.27. The smallest absolute Gasteiger partial charge is 0.265 e. The van der Waals surface area contributed by atoms with Gasteiger partial charge in [-0.3, -0.25) is 9.59 Å². The van der Waals surface area contributed by atoms with Gasteiger partial charge in [-0.05, 0) is 37.4 Å². The van der Waals surface area contributed by atoms with Crippen LogP contribution in [-0.2, 0) is 0 Å². The van der Waals surface area contributed by atoms with E-state index >= 15 is 0 Å². The average Bonchev–Trinajstić information content (AvgIpc) is 3.08. The standard InChI is InChI=1S/C20H23N4O3/c1-3-24(4-2)9-10-27-14-6-5-13-11-18(22-17(13)12-14)15-7-8-16(19(21)25)23-20(15)26/h5-7,11-12,22H,3-4,9-10H2,1-2H3,(H2,21,25)(H,23,26). The molecule has 141 valence electrons. The second-order valence-electron chi connectivity index (χ2n) is 6.20. The lowest BCUT2D eigenvalue weighted by molar-refractivity contribution is 0.0995. The van der Waals surface area contributed by atoms with Crippen LogP contribution in [0.1, 0.15) is 24.3 Å². The number of carbonyl (C=O) groups is 1. The van der Waals surface area contributed by atoms with E-state index in [0.717, 1.165) is 36.3 Å². The number of rotatable bonds is 8. The summed E-state index contributed by atoms with van der Waals surface area (Å²) in [6, 6.07) is 11.8. The van der Waals surface area contributed by atoms with E-state index in [4.69, 9.17) is 10.5 Å². The largest absolute Gasteiger partial charge is 0.492 e. The van der Waals surface area contributed by atoms with Gasteiger partial charge in [0.25, 0.3) is 11.5 Å². The van der Waals surface area contributed by atoms with E-state index < -0.39 is 11.5 Å². The molecule has 3 aromatic rings. The Morgan fingerprint density at radius 3 is 2.67 bits per heavy atom. The number of primary amides is 1. The van der Waals surface area contributed by atoms with E-state index in [9.17, 15) is 9.59 Å². The van der Waals surface area contributed by atoms with Crippen molar-refractivity contribution in [3.8, 4) is 17.0 Å². The predicted octanol–water partition coefficient (Wildman–Crippen LogP) is 2.14. The van der Waals surface area contributed by atoms with Gasteiger partial charge in [-0.1, -0.05) is 13.8 Å². The number of benzene rings is 1. The molecule has 1 radical (unpaired) electrons. The summed E-state index contributed by atoms with van der Waals surface area (Å²) in [5, 5.41) is 0.958. The number of aromatic amines is 2. The van der Waals surface area contributed by atoms with Crippen LogP contribution in [0.25, 0.3) is 22.2 Å². The number of likely N-dealkylation sites (N-methyl/N-ethyl adjacent to an activating group) is 1. The highest BCUT2D eigenvalue weighted by molar-refractivity contribution is 5.91. The van der Waals surface area contributed by atoms with Gasteiger partial charge in [0.1, 0.15) is 18.1 Å². The molecule has 7 nitrogen and oxygen atoms in total. The second kappa shape index (κ2) is 8.09. The molecule has 3 rings (SSSR count). The van der Waals surface area contributed by atoms with Crippen LogP contribution >= 0.6 is 0 Å². The number of nitrogens with two attached hydrogens (primary N) is 1. The number of aromatic nitrogens is 2. The van der Waals surface area contributed by atoms with Crippen LogP contribution in [0, 0.1) is 6.07 Å². The summed E-state index contributed by atoms with van der Waals surface area (Å²) in [6.07, 6.45) is 0. The number of pyridine rings is 1. The molecule has 0 atom stereocenters. The Labute approximate surface area is 157 Å². The van der Waals surface area contributed by atoms with Gasteiger partial charge in [0, 0.05) is 29.6 Å². The molecule has 0 fully saturated rings. The van der Waals surface area contributed by atoms with Gasteiger partial charge in [0.05, 0.1) is 11.3 Å². The van der Waals surface area contributed by atoms with Crippen molar-refractivity contribution in [2.24, 2.45) is 5.73 Å². The molecule has 0 spiro atoms. The first-order valence-corrected chi connectivity index (χ1v) is 8.95. The summed E-state index contributed by atoms with van der Waals surface area (Å²) >= 11 is 0. The number of carbonyl (C=O) groups excluding carboxylic acids is 1. The fourth-order valence-corrected chi connectivity index (χ4v) is 2.93. The Hall–Kier alpha value is -3.06. The van der Waals surface area contributed by atoms with Gasteiger partial charge >= 0.3 is 0 Å². The first-order valence-electron chi connectivity index (χ1n) is 8.95. The van der Waals surface area contributed by atoms with Crippen LogP contribution in [-0.4, -0.2) is 47.0 Å². The molecule has 2 heterocycles. The van der Waals surface area contributed by atoms with E-state index in [1.807, 2.05) is 24.3 Å². The zero-order chi connectivity index (χ0) is 19.4. The molecule has 0 aliphatic carbocycles. The molecule has 0 saturated heterocycles. The van der Waals surface area contributed by atoms with E-state index in [0.29, 0.717) is 17.9 Å². The molecule has 1 aromatic carbocycles. The topological polar surface area (TPSA) is 104 Å². The van der Waals surface area contributed by atoms with Gasteiger partial charge in [-0.2, -0.15) is 0 Å². The number of hydrogen-bond donors (Lipinski definition) is 3. The Bertz CT molecular complexity index is 1000. The number of ether oxygens (including phenoxy) is 1. The maximum atomic E-state index is 12.2. The van der Waals surface area contributed by atoms with E-state index in [2.05, 4.69) is 34.8 Å². The normalized spacial score (nSPS) is 11.2. The third kappa shape index (κ3) is 4.20. The van der Waals surface area contributed by atoms with E-state index in [1.165, 1.54) is 6.07 Å². The van der Waals surface area contributed by atoms with Crippen molar-refractivity contribution in [3.05, 3.63) is 52.4 Å². The first kappa shape index (κ1) is 18.7. The molecule has 1 amide bonds. The van der Waals surface area contributed by atoms with Gasteiger partial charge in [-0.25, -0.2) is 0 Å². The highest BCUT2D eigenvalue weighted by Crippen LogP contribution is 2.25. The third-order valence-corrected chi connectivity index (χ3v) is 4.55. The molecule has 0 saturated carbocycles. The zero-order valence-corrected chi connectivity index (χ0v) is 15.5. The highest BCUT2D eigenvalue weighted by atomic mass is 16.5. The average molecular weight is 367 g/mol. The van der Waals surface area contributed by atoms with E-state index in [1.54, 1.807) is 0 Å². The summed E-state index contributed by atoms with van der Waals surface area (Å²) in [6.45, 7) is 7.75. The minimum absolute atomic E-state index is 0.0382. The van der Waals surface area contributed by atoms with Crippen molar-refractivity contribution < 1.29 is 9.53 Å². The van der Waals surface area contributed by atoms with Crippen molar-refractivity contribution >= 4 is 16.8 Å². The van der Waals surface area contributed by atoms with Gasteiger partial charge in [0.15, 0.2) is 0 Å². The van der Waals surface area contributed by atoms with Crippen molar-refractivity contribution in [2.45, 2.75) is 13.8 Å². The minimum Gasteiger partial charge on any atom is -0.492 e. The maximum absolute atomic E-state index is 12.2. The lowest BCUT2D eigenvalue weighted by atomic mass is 10.1. The Kier molecular flexibility index (Phi) is 5.61. The molecule has 4 N–H and O–H groups in total. The molecule has 0 unspecified atom stereocenters. The summed E-state index contributed by atoms with van der Waals surface area (Å²) in [5.41, 5.74) is 6.62. The summed E-state index contributed by atoms with van der Waals surface area (Å²) < 4.78 is 5.84. The minimum atomic E-state index is -0.721. The Morgan fingerprint density at radius 2 is 2.00 bits per heavy atom. The zero-order valence-electron chi connectivity index (χ0n) is 15.5. The number of nitrogens with zero attached hydrogens (tertiary/aromatic N) is 1. The van der Waals surface area contributed by atoms with Gasteiger partial charge in [-0.15, -0.1) is 0 Å². The van der Waals surface area contributed by atoms with Gasteiger partial charge in [0.2, 0.25) is 0 Å². The Balaban J connectivity index is 1.80. The van der Waals surface area contributed by atoms with Crippen LogP contribution in [0.2, 0.25) is 0 Å². The van der Waals surface area contributed by atoms with Crippen molar-refractivity contribution in [1.29, 1.82) is 0 Å². The fourth-order valence-electron chi connectivity index (χ4n) is 2.93.